The highest BCUT2D eigenvalue weighted by molar-refractivity contribution is 5.78. The molecule has 0 aromatic rings. The van der Waals surface area contributed by atoms with E-state index in [4.69, 9.17) is 5.73 Å². The van der Waals surface area contributed by atoms with E-state index in [1.54, 1.807) is 0 Å². The first-order valence-electron chi connectivity index (χ1n) is 6.08. The number of hydrogen-bond acceptors (Lipinski definition) is 4. The van der Waals surface area contributed by atoms with Gasteiger partial charge >= 0.3 is 0 Å². The molecule has 0 bridgehead atoms. The fourth-order valence-electron chi connectivity index (χ4n) is 1.25. The van der Waals surface area contributed by atoms with Crippen LogP contribution in [0.5, 0.6) is 0 Å². The van der Waals surface area contributed by atoms with Crippen LogP contribution in [0.15, 0.2) is 0 Å². The quantitative estimate of drug-likeness (QED) is 0.369. The largest absolute Gasteiger partial charge is 0.356 e. The molecule has 0 saturated heterocycles. The Balaban J connectivity index is 3.35. The Hall–Kier alpha value is -1.14. The number of carbonyl (C=O) groups excluding carboxylic acids is 2. The SMILES string of the molecule is CNCCCNC(=O)CCNC(=O)CCCN. The number of nitrogens with one attached hydrogen (secondary N) is 3. The van der Waals surface area contributed by atoms with Crippen LogP contribution in [0.2, 0.25) is 0 Å². The van der Waals surface area contributed by atoms with Gasteiger partial charge in [0.2, 0.25) is 11.8 Å². The van der Waals surface area contributed by atoms with Gasteiger partial charge in [0.15, 0.2) is 0 Å². The van der Waals surface area contributed by atoms with Crippen molar-refractivity contribution < 1.29 is 9.59 Å². The highest BCUT2D eigenvalue weighted by atomic mass is 16.2. The van der Waals surface area contributed by atoms with E-state index in [0.29, 0.717) is 38.9 Å². The second-order valence-corrected chi connectivity index (χ2v) is 3.80. The highest BCUT2D eigenvalue weighted by Crippen LogP contribution is 1.86. The van der Waals surface area contributed by atoms with Crippen LogP contribution in [0.3, 0.4) is 0 Å². The number of carbonyl (C=O) groups is 2. The van der Waals surface area contributed by atoms with E-state index >= 15 is 0 Å². The molecule has 0 aromatic carbocycles. The Labute approximate surface area is 103 Å². The first-order valence-corrected chi connectivity index (χ1v) is 6.08. The van der Waals surface area contributed by atoms with Crippen LogP contribution < -0.4 is 21.7 Å². The molecule has 17 heavy (non-hydrogen) atoms. The molecule has 2 amide bonds. The van der Waals surface area contributed by atoms with Crippen molar-refractivity contribution in [1.82, 2.24) is 16.0 Å². The maximum Gasteiger partial charge on any atom is 0.221 e. The second kappa shape index (κ2) is 11.3. The Bertz CT molecular complexity index is 222. The van der Waals surface area contributed by atoms with Crippen molar-refractivity contribution in [3.8, 4) is 0 Å². The summed E-state index contributed by atoms with van der Waals surface area (Å²) in [6.45, 7) is 2.46. The summed E-state index contributed by atoms with van der Waals surface area (Å²) in [7, 11) is 1.87. The minimum Gasteiger partial charge on any atom is -0.356 e. The van der Waals surface area contributed by atoms with Crippen LogP contribution >= 0.6 is 0 Å². The Morgan fingerprint density at radius 1 is 0.941 bits per heavy atom. The third-order valence-corrected chi connectivity index (χ3v) is 2.21. The first-order chi connectivity index (χ1) is 8.20. The molecule has 0 rings (SSSR count). The zero-order valence-corrected chi connectivity index (χ0v) is 10.6. The van der Waals surface area contributed by atoms with Gasteiger partial charge in [-0.1, -0.05) is 0 Å². The van der Waals surface area contributed by atoms with Gasteiger partial charge in [-0.2, -0.15) is 0 Å². The molecule has 0 atom stereocenters. The van der Waals surface area contributed by atoms with Gasteiger partial charge in [-0.05, 0) is 33.0 Å². The summed E-state index contributed by atoms with van der Waals surface area (Å²) in [6, 6.07) is 0. The first kappa shape index (κ1) is 15.9. The van der Waals surface area contributed by atoms with Crippen molar-refractivity contribution in [1.29, 1.82) is 0 Å². The number of rotatable bonds is 10. The average molecular weight is 244 g/mol. The molecule has 0 aliphatic heterocycles. The molecule has 0 heterocycles. The topological polar surface area (TPSA) is 96.2 Å². The van der Waals surface area contributed by atoms with Crippen molar-refractivity contribution >= 4 is 11.8 Å². The van der Waals surface area contributed by atoms with Gasteiger partial charge in [0.25, 0.3) is 0 Å². The van der Waals surface area contributed by atoms with Gasteiger partial charge in [-0.25, -0.2) is 0 Å². The van der Waals surface area contributed by atoms with Crippen molar-refractivity contribution in [2.45, 2.75) is 25.7 Å². The standard InChI is InChI=1S/C11H24N4O2/c1-13-7-3-8-14-11(17)5-9-15-10(16)4-2-6-12/h13H,2-9,12H2,1H3,(H,14,17)(H,15,16). The lowest BCUT2D eigenvalue weighted by Gasteiger charge is -2.06. The molecule has 5 N–H and O–H groups in total. The number of hydrogen-bond donors (Lipinski definition) is 4. The summed E-state index contributed by atoms with van der Waals surface area (Å²) in [5.74, 6) is -0.0707. The van der Waals surface area contributed by atoms with Crippen molar-refractivity contribution in [3.63, 3.8) is 0 Å². The lowest BCUT2D eigenvalue weighted by Crippen LogP contribution is -2.31. The molecule has 0 saturated carbocycles. The lowest BCUT2D eigenvalue weighted by atomic mass is 10.3. The van der Waals surface area contributed by atoms with Gasteiger partial charge in [-0.3, -0.25) is 9.59 Å². The van der Waals surface area contributed by atoms with Crippen LogP contribution in [0.4, 0.5) is 0 Å². The third-order valence-electron chi connectivity index (χ3n) is 2.21. The molecule has 0 aliphatic rings. The van der Waals surface area contributed by atoms with Gasteiger partial charge in [0.1, 0.15) is 0 Å². The van der Waals surface area contributed by atoms with Crippen molar-refractivity contribution in [2.24, 2.45) is 5.73 Å². The van der Waals surface area contributed by atoms with Crippen LogP contribution in [0.1, 0.15) is 25.7 Å². The van der Waals surface area contributed by atoms with E-state index in [1.165, 1.54) is 0 Å². The number of nitrogens with two attached hydrogens (primary N) is 1. The molecule has 0 unspecified atom stereocenters. The zero-order valence-electron chi connectivity index (χ0n) is 10.6. The molecule has 0 fully saturated rings. The summed E-state index contributed by atoms with van der Waals surface area (Å²) < 4.78 is 0. The molecule has 100 valence electrons. The Morgan fingerprint density at radius 2 is 1.59 bits per heavy atom. The van der Waals surface area contributed by atoms with Gasteiger partial charge in [0, 0.05) is 25.9 Å². The normalized spacial score (nSPS) is 10.0. The summed E-state index contributed by atoms with van der Waals surface area (Å²) in [6.07, 6.45) is 2.35. The molecular weight excluding hydrogens is 220 g/mol. The monoisotopic (exact) mass is 244 g/mol. The summed E-state index contributed by atoms with van der Waals surface area (Å²) in [4.78, 5) is 22.5. The van der Waals surface area contributed by atoms with Crippen molar-refractivity contribution in [2.75, 3.05) is 33.2 Å². The van der Waals surface area contributed by atoms with E-state index in [-0.39, 0.29) is 11.8 Å². The fraction of sp³-hybridized carbons (Fsp3) is 0.818. The average Bonchev–Trinajstić information content (AvgIpc) is 2.32. The van der Waals surface area contributed by atoms with E-state index < -0.39 is 0 Å². The predicted molar refractivity (Wildman–Crippen MR) is 67.5 cm³/mol. The van der Waals surface area contributed by atoms with E-state index in [0.717, 1.165) is 13.0 Å². The number of amides is 2. The molecule has 0 aromatic heterocycles. The smallest absolute Gasteiger partial charge is 0.221 e. The highest BCUT2D eigenvalue weighted by Gasteiger charge is 2.03. The van der Waals surface area contributed by atoms with E-state index in [9.17, 15) is 9.59 Å². The van der Waals surface area contributed by atoms with Crippen LogP contribution in [-0.2, 0) is 9.59 Å². The predicted octanol–water partition coefficient (Wildman–Crippen LogP) is -1.04. The third kappa shape index (κ3) is 11.1. The Kier molecular flexibility index (Phi) is 10.6. The summed E-state index contributed by atoms with van der Waals surface area (Å²) >= 11 is 0. The van der Waals surface area contributed by atoms with Crippen LogP contribution in [0.25, 0.3) is 0 Å². The maximum absolute atomic E-state index is 11.3. The zero-order chi connectivity index (χ0) is 12.9. The lowest BCUT2D eigenvalue weighted by molar-refractivity contribution is -0.122. The van der Waals surface area contributed by atoms with Crippen LogP contribution in [0, 0.1) is 0 Å². The fourth-order valence-corrected chi connectivity index (χ4v) is 1.25. The molecule has 6 heteroatoms. The molecular formula is C11H24N4O2. The van der Waals surface area contributed by atoms with Crippen LogP contribution in [-0.4, -0.2) is 45.0 Å². The molecule has 0 spiro atoms. The Morgan fingerprint density at radius 3 is 2.24 bits per heavy atom. The van der Waals surface area contributed by atoms with Gasteiger partial charge < -0.3 is 21.7 Å². The van der Waals surface area contributed by atoms with E-state index in [1.807, 2.05) is 7.05 Å². The van der Waals surface area contributed by atoms with Gasteiger partial charge in [0.05, 0.1) is 0 Å². The molecule has 0 radical (unpaired) electrons. The minimum absolute atomic E-state index is 0.0276. The molecule has 6 nitrogen and oxygen atoms in total. The van der Waals surface area contributed by atoms with E-state index in [2.05, 4.69) is 16.0 Å². The van der Waals surface area contributed by atoms with Gasteiger partial charge in [-0.15, -0.1) is 0 Å². The summed E-state index contributed by atoms with van der Waals surface area (Å²) in [5.41, 5.74) is 5.28. The maximum atomic E-state index is 11.3. The minimum atomic E-state index is -0.0431. The molecule has 0 aliphatic carbocycles. The van der Waals surface area contributed by atoms with Crippen molar-refractivity contribution in [3.05, 3.63) is 0 Å². The summed E-state index contributed by atoms with van der Waals surface area (Å²) in [5, 5.41) is 8.47. The second-order valence-electron chi connectivity index (χ2n) is 3.80.